The molecule has 2 aliphatic rings. The lowest BCUT2D eigenvalue weighted by atomic mass is 9.97. The lowest BCUT2D eigenvalue weighted by Crippen LogP contribution is -2.65. The van der Waals surface area contributed by atoms with E-state index >= 15 is 0 Å². The highest BCUT2D eigenvalue weighted by molar-refractivity contribution is 5.76. The quantitative estimate of drug-likeness (QED) is 0.0204. The maximum absolute atomic E-state index is 13.2. The minimum atomic E-state index is -1.79. The third kappa shape index (κ3) is 34.4. The van der Waals surface area contributed by atoms with Crippen molar-refractivity contribution in [3.05, 3.63) is 48.6 Å². The predicted molar refractivity (Wildman–Crippen MR) is 314 cm³/mol. The summed E-state index contributed by atoms with van der Waals surface area (Å²) in [5.41, 5.74) is 0. The summed E-state index contributed by atoms with van der Waals surface area (Å²) in [6.45, 7) is 2.77. The molecule has 2 heterocycles. The van der Waals surface area contributed by atoms with Crippen molar-refractivity contribution >= 4 is 5.91 Å². The van der Waals surface area contributed by atoms with Gasteiger partial charge in [-0.25, -0.2) is 0 Å². The number of aliphatic hydroxyl groups excluding tert-OH is 8. The van der Waals surface area contributed by atoms with Gasteiger partial charge in [0.2, 0.25) is 5.91 Å². The Labute approximate surface area is 473 Å². The Morgan fingerprint density at radius 1 is 0.462 bits per heavy atom. The zero-order valence-electron chi connectivity index (χ0n) is 49.2. The fourth-order valence-corrected chi connectivity index (χ4v) is 10.4. The number of allylic oxidation sites excluding steroid dienone is 7. The van der Waals surface area contributed by atoms with Gasteiger partial charge in [-0.15, -0.1) is 0 Å². The molecule has 0 aliphatic carbocycles. The summed E-state index contributed by atoms with van der Waals surface area (Å²) in [4.78, 5) is 13.2. The van der Waals surface area contributed by atoms with Gasteiger partial charge in [0.1, 0.15) is 48.8 Å². The molecule has 0 bridgehead atoms. The highest BCUT2D eigenvalue weighted by atomic mass is 16.7. The Morgan fingerprint density at radius 2 is 0.846 bits per heavy atom. The number of carbonyl (C=O) groups excluding carboxylic acids is 1. The number of amides is 1. The first-order chi connectivity index (χ1) is 38.1. The van der Waals surface area contributed by atoms with Crippen LogP contribution < -0.4 is 5.32 Å². The molecular weight excluding hydrogens is 991 g/mol. The van der Waals surface area contributed by atoms with Crippen LogP contribution in [0.4, 0.5) is 0 Å². The molecule has 0 aromatic rings. The van der Waals surface area contributed by atoms with Gasteiger partial charge in [0.25, 0.3) is 0 Å². The van der Waals surface area contributed by atoms with E-state index in [2.05, 4.69) is 55.6 Å². The first-order valence-electron chi connectivity index (χ1n) is 31.9. The van der Waals surface area contributed by atoms with E-state index in [0.29, 0.717) is 6.42 Å². The SMILES string of the molecule is CCCCCCC/C=C\C/C=C\C/C=C\CCCCCCCCCCCCCCCCCCCCC(=O)NC(COC1OC(CO)C(OC2OC(CO)C(O)C(O)C2O)C(O)C1O)C(O)/C=C/CCCCCCCCCCC. The van der Waals surface area contributed by atoms with E-state index in [1.807, 2.05) is 6.08 Å². The van der Waals surface area contributed by atoms with Crippen LogP contribution in [0, 0.1) is 0 Å². The largest absolute Gasteiger partial charge is 0.394 e. The van der Waals surface area contributed by atoms with Crippen LogP contribution in [0.3, 0.4) is 0 Å². The van der Waals surface area contributed by atoms with Crippen LogP contribution in [-0.2, 0) is 23.7 Å². The van der Waals surface area contributed by atoms with Gasteiger partial charge in [0.05, 0.1) is 32.0 Å². The highest BCUT2D eigenvalue weighted by Crippen LogP contribution is 2.30. The molecule has 0 radical (unpaired) electrons. The average molecular weight is 1110 g/mol. The number of rotatable bonds is 51. The molecule has 1 amide bonds. The molecule has 0 spiro atoms. The van der Waals surface area contributed by atoms with E-state index in [4.69, 9.17) is 18.9 Å². The molecule has 12 atom stereocenters. The molecule has 456 valence electrons. The Kier molecular flexibility index (Phi) is 45.8. The topological polar surface area (TPSA) is 228 Å². The Hall–Kier alpha value is -2.05. The van der Waals surface area contributed by atoms with Crippen LogP contribution in [0.1, 0.15) is 258 Å². The fourth-order valence-electron chi connectivity index (χ4n) is 10.4. The number of nitrogens with one attached hydrogen (secondary N) is 1. The van der Waals surface area contributed by atoms with Crippen LogP contribution in [0.2, 0.25) is 0 Å². The van der Waals surface area contributed by atoms with E-state index in [1.54, 1.807) is 6.08 Å². The van der Waals surface area contributed by atoms with Gasteiger partial charge >= 0.3 is 0 Å². The van der Waals surface area contributed by atoms with Crippen LogP contribution in [-0.4, -0.2) is 140 Å². The summed E-state index contributed by atoms with van der Waals surface area (Å²) in [6.07, 6.45) is 46.1. The van der Waals surface area contributed by atoms with E-state index in [0.717, 1.165) is 51.4 Å². The molecule has 0 saturated carbocycles. The number of aliphatic hydroxyl groups is 8. The molecule has 14 nitrogen and oxygen atoms in total. The summed E-state index contributed by atoms with van der Waals surface area (Å²) in [6, 6.07) is -0.913. The molecule has 2 fully saturated rings. The number of unbranched alkanes of at least 4 members (excludes halogenated alkanes) is 32. The third-order valence-corrected chi connectivity index (χ3v) is 15.5. The first kappa shape index (κ1) is 72.1. The Bertz CT molecular complexity index is 1490. The number of hydrogen-bond acceptors (Lipinski definition) is 13. The van der Waals surface area contributed by atoms with Crippen LogP contribution in [0.25, 0.3) is 0 Å². The van der Waals surface area contributed by atoms with Crippen molar-refractivity contribution in [3.63, 3.8) is 0 Å². The van der Waals surface area contributed by atoms with Gasteiger partial charge in [-0.05, 0) is 57.8 Å². The second-order valence-electron chi connectivity index (χ2n) is 22.5. The molecule has 0 aromatic heterocycles. The zero-order chi connectivity index (χ0) is 56.7. The maximum atomic E-state index is 13.2. The molecule has 14 heteroatoms. The molecule has 2 aliphatic heterocycles. The van der Waals surface area contributed by atoms with E-state index in [-0.39, 0.29) is 18.9 Å². The molecule has 2 rings (SSSR count). The highest BCUT2D eigenvalue weighted by Gasteiger charge is 2.51. The Morgan fingerprint density at radius 3 is 1.29 bits per heavy atom. The van der Waals surface area contributed by atoms with Crippen molar-refractivity contribution in [2.24, 2.45) is 0 Å². The summed E-state index contributed by atoms with van der Waals surface area (Å²) in [7, 11) is 0. The molecule has 2 saturated heterocycles. The molecule has 0 aromatic carbocycles. The van der Waals surface area contributed by atoms with Crippen LogP contribution >= 0.6 is 0 Å². The number of carbonyl (C=O) groups is 1. The zero-order valence-corrected chi connectivity index (χ0v) is 49.2. The monoisotopic (exact) mass is 1110 g/mol. The van der Waals surface area contributed by atoms with Crippen molar-refractivity contribution in [1.29, 1.82) is 0 Å². The molecule has 78 heavy (non-hydrogen) atoms. The van der Waals surface area contributed by atoms with Crippen molar-refractivity contribution in [1.82, 2.24) is 5.32 Å². The van der Waals surface area contributed by atoms with Crippen molar-refractivity contribution < 1.29 is 64.6 Å². The maximum Gasteiger partial charge on any atom is 0.220 e. The molecule has 12 unspecified atom stereocenters. The first-order valence-corrected chi connectivity index (χ1v) is 31.9. The number of ether oxygens (including phenoxy) is 4. The van der Waals surface area contributed by atoms with E-state index in [1.165, 1.54) is 180 Å². The average Bonchev–Trinajstić information content (AvgIpc) is 3.47. The van der Waals surface area contributed by atoms with Gasteiger partial charge in [0, 0.05) is 6.42 Å². The van der Waals surface area contributed by atoms with E-state index < -0.39 is 86.8 Å². The lowest BCUT2D eigenvalue weighted by Gasteiger charge is -2.46. The summed E-state index contributed by atoms with van der Waals surface area (Å²) in [5.74, 6) is -0.239. The minimum absolute atomic E-state index is 0.239. The van der Waals surface area contributed by atoms with Gasteiger partial charge in [-0.2, -0.15) is 0 Å². The van der Waals surface area contributed by atoms with Crippen molar-refractivity contribution in [2.75, 3.05) is 19.8 Å². The van der Waals surface area contributed by atoms with Gasteiger partial charge in [0.15, 0.2) is 12.6 Å². The second-order valence-corrected chi connectivity index (χ2v) is 22.5. The predicted octanol–water partition coefficient (Wildman–Crippen LogP) is 11.6. The van der Waals surface area contributed by atoms with Gasteiger partial charge in [-0.3, -0.25) is 4.79 Å². The molecule has 9 N–H and O–H groups in total. The summed E-state index contributed by atoms with van der Waals surface area (Å²) in [5, 5.41) is 87.0. The smallest absolute Gasteiger partial charge is 0.220 e. The standard InChI is InChI=1S/C64H117NO13/c1-3-5-7-9-11-13-15-16-17-18-19-20-21-22-23-24-25-26-27-28-29-30-31-32-33-34-35-36-38-40-42-44-46-48-56(69)65-52(53(68)47-45-43-41-39-37-14-12-10-8-6-4-2)51-75-63-61(74)59(72)62(55(50-67)77-63)78-64-60(73)58(71)57(70)54(49-66)76-64/h15-16,18-19,21-22,45,47,52-55,57-64,66-68,70-74H,3-14,17,20,23-44,46,48-51H2,1-2H3,(H,65,69)/b16-15-,19-18-,22-21-,47-45+. The number of hydrogen-bond donors (Lipinski definition) is 9. The Balaban J connectivity index is 1.61. The van der Waals surface area contributed by atoms with E-state index in [9.17, 15) is 45.6 Å². The van der Waals surface area contributed by atoms with Gasteiger partial charge < -0.3 is 65.1 Å². The second kappa shape index (κ2) is 49.5. The van der Waals surface area contributed by atoms with Crippen molar-refractivity contribution in [3.8, 4) is 0 Å². The lowest BCUT2D eigenvalue weighted by molar-refractivity contribution is -0.359. The normalized spacial score (nSPS) is 24.8. The third-order valence-electron chi connectivity index (χ3n) is 15.5. The van der Waals surface area contributed by atoms with Crippen LogP contribution in [0.15, 0.2) is 48.6 Å². The molecular formula is C64H117NO13. The summed E-state index contributed by atoms with van der Waals surface area (Å²) < 4.78 is 22.7. The van der Waals surface area contributed by atoms with Crippen LogP contribution in [0.5, 0.6) is 0 Å². The fraction of sp³-hybridized carbons (Fsp3) is 0.859. The minimum Gasteiger partial charge on any atom is -0.394 e. The summed E-state index contributed by atoms with van der Waals surface area (Å²) >= 11 is 0. The van der Waals surface area contributed by atoms with Gasteiger partial charge in [-0.1, -0.05) is 242 Å². The van der Waals surface area contributed by atoms with Crippen molar-refractivity contribution in [2.45, 2.75) is 331 Å².